The lowest BCUT2D eigenvalue weighted by Gasteiger charge is -2.19. The topological polar surface area (TPSA) is 74.3 Å². The molecule has 0 unspecified atom stereocenters. The number of nitrogens with one attached hydrogen (secondary N) is 2. The van der Waals surface area contributed by atoms with Crippen molar-refractivity contribution < 1.29 is 22.8 Å². The summed E-state index contributed by atoms with van der Waals surface area (Å²) in [6, 6.07) is 9.91. The number of aromatic nitrogens is 1. The SMILES string of the molecule is O=C(Nc1ccc(Cl)cc1)N[C@@H]1CCN(c2ccc(-c3cccnc3F)c(F)c2F)C1=O. The lowest BCUT2D eigenvalue weighted by Crippen LogP contribution is -2.43. The Balaban J connectivity index is 1.49. The van der Waals surface area contributed by atoms with Crippen LogP contribution in [-0.2, 0) is 4.79 Å². The van der Waals surface area contributed by atoms with Gasteiger partial charge in [0.15, 0.2) is 11.6 Å². The number of carbonyl (C=O) groups excluding carboxylic acids is 2. The van der Waals surface area contributed by atoms with Gasteiger partial charge >= 0.3 is 6.03 Å². The molecule has 2 aromatic carbocycles. The highest BCUT2D eigenvalue weighted by Gasteiger charge is 2.36. The molecule has 1 atom stereocenters. The zero-order chi connectivity index (χ0) is 22.8. The molecule has 0 bridgehead atoms. The second-order valence-electron chi connectivity index (χ2n) is 7.04. The summed E-state index contributed by atoms with van der Waals surface area (Å²) in [7, 11) is 0. The number of hydrogen-bond acceptors (Lipinski definition) is 3. The Hall–Kier alpha value is -3.59. The average Bonchev–Trinajstić information content (AvgIpc) is 3.12. The fourth-order valence-electron chi connectivity index (χ4n) is 3.45. The first-order chi connectivity index (χ1) is 15.3. The van der Waals surface area contributed by atoms with Gasteiger partial charge in [0.25, 0.3) is 0 Å². The lowest BCUT2D eigenvalue weighted by molar-refractivity contribution is -0.118. The van der Waals surface area contributed by atoms with Crippen LogP contribution in [0.3, 0.4) is 0 Å². The first kappa shape index (κ1) is 21.6. The van der Waals surface area contributed by atoms with Crippen molar-refractivity contribution >= 4 is 34.9 Å². The molecule has 0 radical (unpaired) electrons. The van der Waals surface area contributed by atoms with E-state index in [0.29, 0.717) is 10.7 Å². The number of rotatable bonds is 4. The zero-order valence-electron chi connectivity index (χ0n) is 16.4. The first-order valence-corrected chi connectivity index (χ1v) is 9.96. The maximum Gasteiger partial charge on any atom is 0.319 e. The minimum atomic E-state index is -1.29. The Morgan fingerprint density at radius 3 is 2.50 bits per heavy atom. The third-order valence-corrected chi connectivity index (χ3v) is 5.27. The van der Waals surface area contributed by atoms with Gasteiger partial charge in [0.05, 0.1) is 5.69 Å². The van der Waals surface area contributed by atoms with Crippen LogP contribution >= 0.6 is 11.6 Å². The molecule has 0 aliphatic carbocycles. The van der Waals surface area contributed by atoms with Crippen molar-refractivity contribution in [2.75, 3.05) is 16.8 Å². The minimum absolute atomic E-state index is 0.0711. The van der Waals surface area contributed by atoms with Crippen molar-refractivity contribution in [2.24, 2.45) is 0 Å². The molecule has 1 aliphatic heterocycles. The highest BCUT2D eigenvalue weighted by molar-refractivity contribution is 6.30. The predicted molar refractivity (Wildman–Crippen MR) is 114 cm³/mol. The molecule has 6 nitrogen and oxygen atoms in total. The molecule has 1 aromatic heterocycles. The van der Waals surface area contributed by atoms with Gasteiger partial charge in [-0.05, 0) is 55.0 Å². The molecule has 2 heterocycles. The lowest BCUT2D eigenvalue weighted by atomic mass is 10.1. The number of pyridine rings is 1. The Morgan fingerprint density at radius 2 is 1.78 bits per heavy atom. The molecule has 1 fully saturated rings. The van der Waals surface area contributed by atoms with Crippen molar-refractivity contribution in [1.29, 1.82) is 0 Å². The quantitative estimate of drug-likeness (QED) is 0.552. The maximum absolute atomic E-state index is 14.8. The summed E-state index contributed by atoms with van der Waals surface area (Å²) in [6.07, 6.45) is 1.40. The zero-order valence-corrected chi connectivity index (χ0v) is 17.2. The fraction of sp³-hybridized carbons (Fsp3) is 0.136. The molecule has 1 aliphatic rings. The van der Waals surface area contributed by atoms with Gasteiger partial charge in [-0.15, -0.1) is 0 Å². The van der Waals surface area contributed by atoms with Gasteiger partial charge in [0.1, 0.15) is 6.04 Å². The molecule has 4 rings (SSSR count). The van der Waals surface area contributed by atoms with Crippen LogP contribution in [0.1, 0.15) is 6.42 Å². The number of hydrogen-bond donors (Lipinski definition) is 2. The predicted octanol–water partition coefficient (Wildman–Crippen LogP) is 4.75. The van der Waals surface area contributed by atoms with Gasteiger partial charge in [0, 0.05) is 34.6 Å². The van der Waals surface area contributed by atoms with Crippen molar-refractivity contribution in [3.05, 3.63) is 77.3 Å². The summed E-state index contributed by atoms with van der Waals surface area (Å²) in [6.45, 7) is 0.0711. The van der Waals surface area contributed by atoms with Crippen molar-refractivity contribution in [1.82, 2.24) is 10.3 Å². The number of carbonyl (C=O) groups is 2. The molecule has 3 amide bonds. The van der Waals surface area contributed by atoms with E-state index in [1.54, 1.807) is 24.3 Å². The van der Waals surface area contributed by atoms with Crippen molar-refractivity contribution in [3.63, 3.8) is 0 Å². The van der Waals surface area contributed by atoms with E-state index < -0.39 is 35.6 Å². The molecular formula is C22H16ClF3N4O2. The normalized spacial score (nSPS) is 15.7. The number of nitrogens with zero attached hydrogens (tertiary/aromatic N) is 2. The number of benzene rings is 2. The van der Waals surface area contributed by atoms with E-state index in [1.165, 1.54) is 30.5 Å². The van der Waals surface area contributed by atoms with Crippen LogP contribution in [0.2, 0.25) is 5.02 Å². The summed E-state index contributed by atoms with van der Waals surface area (Å²) >= 11 is 5.80. The Bertz CT molecular complexity index is 1190. The van der Waals surface area contributed by atoms with E-state index in [2.05, 4.69) is 15.6 Å². The van der Waals surface area contributed by atoms with Gasteiger partial charge in [0.2, 0.25) is 11.9 Å². The Kier molecular flexibility index (Phi) is 6.00. The summed E-state index contributed by atoms with van der Waals surface area (Å²) in [5, 5.41) is 5.59. The first-order valence-electron chi connectivity index (χ1n) is 9.58. The molecular weight excluding hydrogens is 445 g/mol. The summed E-state index contributed by atoms with van der Waals surface area (Å²) in [5.41, 5.74) is -0.314. The van der Waals surface area contributed by atoms with Crippen molar-refractivity contribution in [2.45, 2.75) is 12.5 Å². The van der Waals surface area contributed by atoms with Gasteiger partial charge in [-0.2, -0.15) is 4.39 Å². The molecule has 10 heteroatoms. The molecule has 1 saturated heterocycles. The van der Waals surface area contributed by atoms with Crippen LogP contribution in [0.15, 0.2) is 54.7 Å². The molecule has 3 aromatic rings. The smallest absolute Gasteiger partial charge is 0.319 e. The van der Waals surface area contributed by atoms with E-state index in [1.807, 2.05) is 0 Å². The number of amides is 3. The largest absolute Gasteiger partial charge is 0.326 e. The highest BCUT2D eigenvalue weighted by atomic mass is 35.5. The van der Waals surface area contributed by atoms with Crippen LogP contribution in [-0.4, -0.2) is 29.5 Å². The average molecular weight is 461 g/mol. The molecule has 0 saturated carbocycles. The molecule has 32 heavy (non-hydrogen) atoms. The van der Waals surface area contributed by atoms with E-state index in [-0.39, 0.29) is 29.8 Å². The second kappa shape index (κ2) is 8.88. The Labute approximate surface area is 186 Å². The van der Waals surface area contributed by atoms with Gasteiger partial charge in [-0.1, -0.05) is 11.6 Å². The number of urea groups is 1. The number of halogens is 4. The Morgan fingerprint density at radius 1 is 1.03 bits per heavy atom. The maximum atomic E-state index is 14.8. The van der Waals surface area contributed by atoms with E-state index in [0.717, 1.165) is 4.90 Å². The van der Waals surface area contributed by atoms with E-state index >= 15 is 0 Å². The molecule has 0 spiro atoms. The van der Waals surface area contributed by atoms with Crippen LogP contribution in [0.4, 0.5) is 29.3 Å². The van der Waals surface area contributed by atoms with Gasteiger partial charge < -0.3 is 15.5 Å². The summed E-state index contributed by atoms with van der Waals surface area (Å²) < 4.78 is 43.4. The van der Waals surface area contributed by atoms with Crippen molar-refractivity contribution in [3.8, 4) is 11.1 Å². The standard InChI is InChI=1S/C22H16ClF3N4O2/c23-12-3-5-13(6-4-12)28-22(32)29-16-9-11-30(21(16)31)17-8-7-14(18(24)19(17)25)15-2-1-10-27-20(15)26/h1-8,10,16H,9,11H2,(H2,28,29,32)/t16-/m1/s1. The third kappa shape index (κ3) is 4.24. The molecule has 2 N–H and O–H groups in total. The van der Waals surface area contributed by atoms with Crippen LogP contribution in [0, 0.1) is 17.6 Å². The van der Waals surface area contributed by atoms with Gasteiger partial charge in [-0.25, -0.2) is 18.6 Å². The van der Waals surface area contributed by atoms with Crippen LogP contribution in [0.25, 0.3) is 11.1 Å². The van der Waals surface area contributed by atoms with Crippen LogP contribution in [0.5, 0.6) is 0 Å². The summed E-state index contributed by atoms with van der Waals surface area (Å²) in [5.74, 6) is -4.11. The highest BCUT2D eigenvalue weighted by Crippen LogP contribution is 2.33. The minimum Gasteiger partial charge on any atom is -0.326 e. The summed E-state index contributed by atoms with van der Waals surface area (Å²) in [4.78, 5) is 29.4. The number of anilines is 2. The van der Waals surface area contributed by atoms with E-state index in [9.17, 15) is 22.8 Å². The fourth-order valence-corrected chi connectivity index (χ4v) is 3.58. The molecule has 164 valence electrons. The van der Waals surface area contributed by atoms with Gasteiger partial charge in [-0.3, -0.25) is 4.79 Å². The second-order valence-corrected chi connectivity index (χ2v) is 7.47. The monoisotopic (exact) mass is 460 g/mol. The van der Waals surface area contributed by atoms with Crippen LogP contribution < -0.4 is 15.5 Å². The van der Waals surface area contributed by atoms with E-state index in [4.69, 9.17) is 11.6 Å². The third-order valence-electron chi connectivity index (χ3n) is 5.01.